The quantitative estimate of drug-likeness (QED) is 0.665. The lowest BCUT2D eigenvalue weighted by atomic mass is 10.2. The Kier molecular flexibility index (Phi) is 11.8. The summed E-state index contributed by atoms with van der Waals surface area (Å²) in [5, 5.41) is 0. The Bertz CT molecular complexity index is 86.8. The molecule has 3 fully saturated rings. The van der Waals surface area contributed by atoms with Crippen molar-refractivity contribution in [1.29, 1.82) is 0 Å². The zero-order valence-electron chi connectivity index (χ0n) is 11.8. The minimum atomic E-state index is 1.00. The van der Waals surface area contributed by atoms with Crippen molar-refractivity contribution in [2.45, 2.75) is 57.8 Å². The van der Waals surface area contributed by atoms with Crippen LogP contribution in [-0.2, 0) is 14.2 Å². The van der Waals surface area contributed by atoms with Gasteiger partial charge in [0.25, 0.3) is 0 Å². The molecule has 0 atom stereocenters. The van der Waals surface area contributed by atoms with Crippen molar-refractivity contribution in [2.24, 2.45) is 0 Å². The van der Waals surface area contributed by atoms with Crippen molar-refractivity contribution >= 4 is 0 Å². The van der Waals surface area contributed by atoms with Crippen LogP contribution < -0.4 is 0 Å². The molecule has 0 radical (unpaired) electrons. The molecule has 0 unspecified atom stereocenters. The summed E-state index contributed by atoms with van der Waals surface area (Å²) in [6, 6.07) is 0. The van der Waals surface area contributed by atoms with Crippen LogP contribution in [0.3, 0.4) is 0 Å². The van der Waals surface area contributed by atoms with E-state index in [0.717, 1.165) is 39.6 Å². The Hall–Kier alpha value is -0.120. The van der Waals surface area contributed by atoms with E-state index >= 15 is 0 Å². The Morgan fingerprint density at radius 2 is 0.500 bits per heavy atom. The van der Waals surface area contributed by atoms with E-state index < -0.39 is 0 Å². The first-order valence-electron chi connectivity index (χ1n) is 7.73. The zero-order valence-corrected chi connectivity index (χ0v) is 11.8. The second kappa shape index (κ2) is 13.3. The average molecular weight is 258 g/mol. The summed E-state index contributed by atoms with van der Waals surface area (Å²) < 4.78 is 15.2. The summed E-state index contributed by atoms with van der Waals surface area (Å²) >= 11 is 0. The van der Waals surface area contributed by atoms with Gasteiger partial charge in [0, 0.05) is 39.6 Å². The average Bonchev–Trinajstić information content (AvgIpc) is 2.54. The molecule has 0 bridgehead atoms. The Morgan fingerprint density at radius 1 is 0.278 bits per heavy atom. The topological polar surface area (TPSA) is 27.7 Å². The minimum Gasteiger partial charge on any atom is -0.381 e. The Morgan fingerprint density at radius 3 is 0.556 bits per heavy atom. The predicted molar refractivity (Wildman–Crippen MR) is 74.0 cm³/mol. The van der Waals surface area contributed by atoms with Crippen LogP contribution in [0.25, 0.3) is 0 Å². The van der Waals surface area contributed by atoms with Gasteiger partial charge >= 0.3 is 0 Å². The van der Waals surface area contributed by atoms with E-state index in [9.17, 15) is 0 Å². The van der Waals surface area contributed by atoms with E-state index in [1.165, 1.54) is 57.8 Å². The van der Waals surface area contributed by atoms with Gasteiger partial charge in [-0.05, 0) is 57.8 Å². The molecule has 3 aliphatic heterocycles. The normalized spacial score (nSPS) is 24.0. The number of rotatable bonds is 0. The second-order valence-electron chi connectivity index (χ2n) is 5.02. The largest absolute Gasteiger partial charge is 0.381 e. The highest BCUT2D eigenvalue weighted by atomic mass is 16.5. The molecule has 3 saturated heterocycles. The number of hydrogen-bond donors (Lipinski definition) is 0. The molecule has 0 N–H and O–H groups in total. The molecule has 0 aromatic rings. The van der Waals surface area contributed by atoms with Crippen molar-refractivity contribution in [3.05, 3.63) is 0 Å². The standard InChI is InChI=1S/3C5H10O/c3*1-2-4-6-5-3-1/h3*1-5H2. The Labute approximate surface area is 112 Å². The molecule has 3 heterocycles. The van der Waals surface area contributed by atoms with E-state index in [4.69, 9.17) is 14.2 Å². The van der Waals surface area contributed by atoms with Gasteiger partial charge in [0.2, 0.25) is 0 Å². The van der Waals surface area contributed by atoms with Crippen molar-refractivity contribution < 1.29 is 14.2 Å². The van der Waals surface area contributed by atoms with Crippen LogP contribution in [0.5, 0.6) is 0 Å². The van der Waals surface area contributed by atoms with Gasteiger partial charge in [0.1, 0.15) is 0 Å². The molecule has 18 heavy (non-hydrogen) atoms. The Balaban J connectivity index is 0.000000135. The fraction of sp³-hybridized carbons (Fsp3) is 1.00. The van der Waals surface area contributed by atoms with Gasteiger partial charge in [-0.2, -0.15) is 0 Å². The van der Waals surface area contributed by atoms with Gasteiger partial charge in [0.15, 0.2) is 0 Å². The molecule has 0 aromatic heterocycles. The molecule has 0 spiro atoms. The van der Waals surface area contributed by atoms with Gasteiger partial charge in [-0.3, -0.25) is 0 Å². The van der Waals surface area contributed by atoms with Gasteiger partial charge in [-0.1, -0.05) is 0 Å². The molecular weight excluding hydrogens is 228 g/mol. The maximum absolute atomic E-state index is 5.07. The third-order valence-corrected chi connectivity index (χ3v) is 3.23. The minimum absolute atomic E-state index is 1.00. The fourth-order valence-corrected chi connectivity index (χ4v) is 2.06. The summed E-state index contributed by atoms with van der Waals surface area (Å²) in [7, 11) is 0. The number of hydrogen-bond acceptors (Lipinski definition) is 3. The first-order chi connectivity index (χ1) is 9.00. The van der Waals surface area contributed by atoms with Gasteiger partial charge in [0.05, 0.1) is 0 Å². The second-order valence-corrected chi connectivity index (χ2v) is 5.02. The summed E-state index contributed by atoms with van der Waals surface area (Å²) in [4.78, 5) is 0. The van der Waals surface area contributed by atoms with Crippen LogP contribution in [-0.4, -0.2) is 39.6 Å². The summed E-state index contributed by atoms with van der Waals surface area (Å²) in [6.07, 6.45) is 11.8. The molecule has 3 nitrogen and oxygen atoms in total. The van der Waals surface area contributed by atoms with Crippen LogP contribution in [0.4, 0.5) is 0 Å². The molecule has 3 aliphatic rings. The smallest absolute Gasteiger partial charge is 0.0466 e. The van der Waals surface area contributed by atoms with Crippen LogP contribution in [0.2, 0.25) is 0 Å². The molecule has 3 rings (SSSR count). The maximum atomic E-state index is 5.07. The third kappa shape index (κ3) is 11.0. The van der Waals surface area contributed by atoms with E-state index in [2.05, 4.69) is 0 Å². The first kappa shape index (κ1) is 15.9. The molecule has 0 amide bonds. The van der Waals surface area contributed by atoms with Crippen molar-refractivity contribution in [3.8, 4) is 0 Å². The van der Waals surface area contributed by atoms with Crippen molar-refractivity contribution in [3.63, 3.8) is 0 Å². The van der Waals surface area contributed by atoms with Crippen LogP contribution in [0.1, 0.15) is 57.8 Å². The van der Waals surface area contributed by atoms with Crippen LogP contribution in [0.15, 0.2) is 0 Å². The van der Waals surface area contributed by atoms with Crippen LogP contribution in [0, 0.1) is 0 Å². The molecular formula is C15H30O3. The summed E-state index contributed by atoms with van der Waals surface area (Å²) in [5.41, 5.74) is 0. The SMILES string of the molecule is C1CCOCC1.C1CCOCC1.C1CCOCC1. The highest BCUT2D eigenvalue weighted by molar-refractivity contribution is 4.46. The van der Waals surface area contributed by atoms with Crippen molar-refractivity contribution in [2.75, 3.05) is 39.6 Å². The summed E-state index contributed by atoms with van der Waals surface area (Å²) in [6.45, 7) is 6.00. The maximum Gasteiger partial charge on any atom is 0.0466 e. The molecule has 0 aromatic carbocycles. The molecule has 3 heteroatoms. The molecule has 0 saturated carbocycles. The third-order valence-electron chi connectivity index (χ3n) is 3.23. The van der Waals surface area contributed by atoms with E-state index in [1.807, 2.05) is 0 Å². The molecule has 108 valence electrons. The highest BCUT2D eigenvalue weighted by Crippen LogP contribution is 2.03. The predicted octanol–water partition coefficient (Wildman–Crippen LogP) is 3.56. The van der Waals surface area contributed by atoms with E-state index in [0.29, 0.717) is 0 Å². The number of ether oxygens (including phenoxy) is 3. The van der Waals surface area contributed by atoms with E-state index in [1.54, 1.807) is 0 Å². The lowest BCUT2D eigenvalue weighted by molar-refractivity contribution is 0.0967. The lowest BCUT2D eigenvalue weighted by Gasteiger charge is -2.08. The van der Waals surface area contributed by atoms with Crippen molar-refractivity contribution in [1.82, 2.24) is 0 Å². The zero-order chi connectivity index (χ0) is 12.7. The lowest BCUT2D eigenvalue weighted by Crippen LogP contribution is -2.03. The fourth-order valence-electron chi connectivity index (χ4n) is 2.06. The van der Waals surface area contributed by atoms with E-state index in [-0.39, 0.29) is 0 Å². The monoisotopic (exact) mass is 258 g/mol. The molecule has 0 aliphatic carbocycles. The van der Waals surface area contributed by atoms with Crippen LogP contribution >= 0.6 is 0 Å². The highest BCUT2D eigenvalue weighted by Gasteiger charge is 1.96. The first-order valence-corrected chi connectivity index (χ1v) is 7.73. The van der Waals surface area contributed by atoms with Gasteiger partial charge in [-0.25, -0.2) is 0 Å². The summed E-state index contributed by atoms with van der Waals surface area (Å²) in [5.74, 6) is 0. The van der Waals surface area contributed by atoms with Gasteiger partial charge < -0.3 is 14.2 Å². The van der Waals surface area contributed by atoms with Gasteiger partial charge in [-0.15, -0.1) is 0 Å².